The molecule has 0 aliphatic heterocycles. The molecule has 2 aromatic carbocycles. The van der Waals surface area contributed by atoms with E-state index in [-0.39, 0.29) is 5.91 Å². The molecule has 0 saturated carbocycles. The van der Waals surface area contributed by atoms with Crippen molar-refractivity contribution in [2.24, 2.45) is 5.73 Å². The Morgan fingerprint density at radius 1 is 1.00 bits per heavy atom. The molecule has 3 aromatic rings. The summed E-state index contributed by atoms with van der Waals surface area (Å²) in [6.07, 6.45) is 3.89. The highest BCUT2D eigenvalue weighted by atomic mass is 35.5. The van der Waals surface area contributed by atoms with Gasteiger partial charge < -0.3 is 11.1 Å². The molecular weight excluding hydrogens is 334 g/mol. The third-order valence-electron chi connectivity index (χ3n) is 3.90. The van der Waals surface area contributed by atoms with Gasteiger partial charge in [0, 0.05) is 23.1 Å². The van der Waals surface area contributed by atoms with E-state index in [1.165, 1.54) is 0 Å². The Labute approximate surface area is 151 Å². The lowest BCUT2D eigenvalue weighted by Crippen LogP contribution is -2.37. The number of nitrogens with zero attached hydrogens (tertiary/aromatic N) is 1. The van der Waals surface area contributed by atoms with E-state index in [4.69, 9.17) is 17.3 Å². The zero-order valence-electron chi connectivity index (χ0n) is 13.5. The highest BCUT2D eigenvalue weighted by molar-refractivity contribution is 6.31. The van der Waals surface area contributed by atoms with E-state index in [2.05, 4.69) is 10.3 Å². The summed E-state index contributed by atoms with van der Waals surface area (Å²) in [5.74, 6) is -0.239. The van der Waals surface area contributed by atoms with E-state index in [0.717, 1.165) is 16.7 Å². The molecule has 0 aliphatic rings. The van der Waals surface area contributed by atoms with Crippen LogP contribution in [0.4, 0.5) is 5.69 Å². The van der Waals surface area contributed by atoms with E-state index < -0.39 is 6.04 Å². The second-order valence-corrected chi connectivity index (χ2v) is 6.11. The van der Waals surface area contributed by atoms with Crippen molar-refractivity contribution in [3.63, 3.8) is 0 Å². The number of carbonyl (C=O) groups excluding carboxylic acids is 1. The number of rotatable bonds is 5. The van der Waals surface area contributed by atoms with Crippen molar-refractivity contribution < 1.29 is 4.79 Å². The molecule has 25 heavy (non-hydrogen) atoms. The Morgan fingerprint density at radius 2 is 1.64 bits per heavy atom. The lowest BCUT2D eigenvalue weighted by atomic mass is 10.1. The van der Waals surface area contributed by atoms with Crippen LogP contribution in [0.5, 0.6) is 0 Å². The van der Waals surface area contributed by atoms with Gasteiger partial charge in [-0.3, -0.25) is 9.78 Å². The maximum atomic E-state index is 12.3. The normalized spacial score (nSPS) is 11.8. The minimum absolute atomic E-state index is 0.239. The number of carbonyl (C=O) groups is 1. The summed E-state index contributed by atoms with van der Waals surface area (Å²) < 4.78 is 0. The number of nitrogens with two attached hydrogens (primary N) is 1. The Hall–Kier alpha value is -2.69. The summed E-state index contributed by atoms with van der Waals surface area (Å²) in [5.41, 5.74) is 9.70. The number of halogens is 1. The molecule has 3 rings (SSSR count). The van der Waals surface area contributed by atoms with Crippen molar-refractivity contribution in [3.8, 4) is 11.1 Å². The van der Waals surface area contributed by atoms with Crippen LogP contribution in [0, 0.1) is 0 Å². The van der Waals surface area contributed by atoms with E-state index in [0.29, 0.717) is 17.1 Å². The van der Waals surface area contributed by atoms with Crippen LogP contribution < -0.4 is 11.1 Å². The van der Waals surface area contributed by atoms with Crippen molar-refractivity contribution in [3.05, 3.63) is 83.6 Å². The third-order valence-corrected chi connectivity index (χ3v) is 4.27. The average molecular weight is 352 g/mol. The predicted octanol–water partition coefficient (Wildman–Crippen LogP) is 3.91. The molecule has 0 spiro atoms. The number of anilines is 1. The summed E-state index contributed by atoms with van der Waals surface area (Å²) in [7, 11) is 0. The Kier molecular flexibility index (Phi) is 5.43. The van der Waals surface area contributed by atoms with Gasteiger partial charge in [0.15, 0.2) is 0 Å². The van der Waals surface area contributed by atoms with Crippen molar-refractivity contribution in [2.75, 3.05) is 5.32 Å². The van der Waals surface area contributed by atoms with E-state index >= 15 is 0 Å². The molecule has 4 nitrogen and oxygen atoms in total. The van der Waals surface area contributed by atoms with Crippen LogP contribution in [0.1, 0.15) is 5.56 Å². The van der Waals surface area contributed by atoms with Crippen LogP contribution in [0.15, 0.2) is 73.1 Å². The molecule has 1 atom stereocenters. The van der Waals surface area contributed by atoms with Crippen LogP contribution in [-0.2, 0) is 11.2 Å². The number of pyridine rings is 1. The largest absolute Gasteiger partial charge is 0.325 e. The minimum Gasteiger partial charge on any atom is -0.325 e. The number of hydrogen-bond donors (Lipinski definition) is 2. The highest BCUT2D eigenvalue weighted by Gasteiger charge is 2.15. The first-order valence-electron chi connectivity index (χ1n) is 7.94. The topological polar surface area (TPSA) is 68.0 Å². The van der Waals surface area contributed by atoms with E-state index in [9.17, 15) is 4.79 Å². The second kappa shape index (κ2) is 7.92. The molecule has 0 fully saturated rings. The Bertz CT molecular complexity index is 850. The summed E-state index contributed by atoms with van der Waals surface area (Å²) >= 11 is 6.12. The van der Waals surface area contributed by atoms with Crippen LogP contribution in [0.25, 0.3) is 11.1 Å². The SMILES string of the molecule is N[C@@H](Cc1ccccc1Cl)C(=O)Nc1ccc(-c2ccncc2)cc1. The van der Waals surface area contributed by atoms with Crippen molar-refractivity contribution in [2.45, 2.75) is 12.5 Å². The van der Waals surface area contributed by atoms with Crippen molar-refractivity contribution >= 4 is 23.2 Å². The number of hydrogen-bond acceptors (Lipinski definition) is 3. The van der Waals surface area contributed by atoms with Crippen molar-refractivity contribution in [1.29, 1.82) is 0 Å². The smallest absolute Gasteiger partial charge is 0.241 e. The average Bonchev–Trinajstić information content (AvgIpc) is 2.65. The van der Waals surface area contributed by atoms with Crippen molar-refractivity contribution in [1.82, 2.24) is 4.98 Å². The molecule has 1 amide bonds. The van der Waals surface area contributed by atoms with Gasteiger partial charge >= 0.3 is 0 Å². The number of nitrogens with one attached hydrogen (secondary N) is 1. The molecule has 5 heteroatoms. The van der Waals surface area contributed by atoms with Gasteiger partial charge in [-0.2, -0.15) is 0 Å². The molecule has 1 aromatic heterocycles. The minimum atomic E-state index is -0.667. The van der Waals surface area contributed by atoms with E-state index in [1.807, 2.05) is 54.6 Å². The Balaban J connectivity index is 1.63. The second-order valence-electron chi connectivity index (χ2n) is 5.70. The molecule has 0 aliphatic carbocycles. The standard InChI is InChI=1S/C20H18ClN3O/c21-18-4-2-1-3-16(18)13-19(22)20(25)24-17-7-5-14(6-8-17)15-9-11-23-12-10-15/h1-12,19H,13,22H2,(H,24,25)/t19-/m0/s1. The summed E-state index contributed by atoms with van der Waals surface area (Å²) in [5, 5.41) is 3.46. The quantitative estimate of drug-likeness (QED) is 0.732. The first-order valence-corrected chi connectivity index (χ1v) is 8.31. The Morgan fingerprint density at radius 3 is 2.32 bits per heavy atom. The summed E-state index contributed by atoms with van der Waals surface area (Å²) in [4.78, 5) is 16.3. The molecule has 0 saturated heterocycles. The first-order chi connectivity index (χ1) is 12.1. The maximum absolute atomic E-state index is 12.3. The van der Waals surface area contributed by atoms with Gasteiger partial charge in [-0.15, -0.1) is 0 Å². The van der Waals surface area contributed by atoms with Gasteiger partial charge in [-0.05, 0) is 53.4 Å². The van der Waals surface area contributed by atoms with E-state index in [1.54, 1.807) is 18.5 Å². The monoisotopic (exact) mass is 351 g/mol. The molecule has 126 valence electrons. The van der Waals surface area contributed by atoms with Gasteiger partial charge in [-0.1, -0.05) is 41.9 Å². The molecule has 0 unspecified atom stereocenters. The number of benzene rings is 2. The van der Waals surface area contributed by atoms with Gasteiger partial charge in [0.2, 0.25) is 5.91 Å². The lowest BCUT2D eigenvalue weighted by Gasteiger charge is -2.13. The molecular formula is C20H18ClN3O. The summed E-state index contributed by atoms with van der Waals surface area (Å²) in [6.45, 7) is 0. The molecule has 0 bridgehead atoms. The maximum Gasteiger partial charge on any atom is 0.241 e. The van der Waals surface area contributed by atoms with Crippen LogP contribution in [0.3, 0.4) is 0 Å². The lowest BCUT2D eigenvalue weighted by molar-refractivity contribution is -0.117. The predicted molar refractivity (Wildman–Crippen MR) is 101 cm³/mol. The number of aromatic nitrogens is 1. The first kappa shape index (κ1) is 17.1. The fourth-order valence-corrected chi connectivity index (χ4v) is 2.73. The fraction of sp³-hybridized carbons (Fsp3) is 0.100. The van der Waals surface area contributed by atoms with Crippen LogP contribution in [0.2, 0.25) is 5.02 Å². The van der Waals surface area contributed by atoms with Gasteiger partial charge in [0.25, 0.3) is 0 Å². The van der Waals surface area contributed by atoms with Gasteiger partial charge in [0.1, 0.15) is 0 Å². The van der Waals surface area contributed by atoms with Gasteiger partial charge in [0.05, 0.1) is 6.04 Å². The molecule has 0 radical (unpaired) electrons. The summed E-state index contributed by atoms with van der Waals surface area (Å²) in [6, 6.07) is 18.2. The molecule has 1 heterocycles. The third kappa shape index (κ3) is 4.44. The highest BCUT2D eigenvalue weighted by Crippen LogP contribution is 2.21. The molecule has 3 N–H and O–H groups in total. The van der Waals surface area contributed by atoms with Gasteiger partial charge in [-0.25, -0.2) is 0 Å². The van der Waals surface area contributed by atoms with Crippen LogP contribution in [-0.4, -0.2) is 16.9 Å². The fourth-order valence-electron chi connectivity index (χ4n) is 2.52. The zero-order chi connectivity index (χ0) is 17.6. The zero-order valence-corrected chi connectivity index (χ0v) is 14.3. The van der Waals surface area contributed by atoms with Crippen LogP contribution >= 0.6 is 11.6 Å². The number of amides is 1.